The summed E-state index contributed by atoms with van der Waals surface area (Å²) >= 11 is 0. The van der Waals surface area contributed by atoms with Crippen LogP contribution < -0.4 is 9.47 Å². The van der Waals surface area contributed by atoms with Gasteiger partial charge in [-0.25, -0.2) is 9.37 Å². The van der Waals surface area contributed by atoms with Crippen molar-refractivity contribution in [3.05, 3.63) is 42.2 Å². The molecule has 3 aromatic rings. The SMILES string of the molecule is N#CCn1c(-c2ccccc2F)nc2cc3c(cc21)OCO3. The average Bonchev–Trinajstić information content (AvgIpc) is 3.10. The summed E-state index contributed by atoms with van der Waals surface area (Å²) in [5, 5.41) is 9.08. The molecule has 2 heterocycles. The molecule has 1 aliphatic rings. The molecular formula is C16H10FN3O2. The minimum absolute atomic E-state index is 0.0693. The fourth-order valence-corrected chi connectivity index (χ4v) is 2.59. The largest absolute Gasteiger partial charge is 0.454 e. The number of hydrogen-bond acceptors (Lipinski definition) is 4. The maximum atomic E-state index is 14.1. The van der Waals surface area contributed by atoms with Crippen molar-refractivity contribution in [2.75, 3.05) is 6.79 Å². The first-order chi connectivity index (χ1) is 10.8. The summed E-state index contributed by atoms with van der Waals surface area (Å²) in [7, 11) is 0. The smallest absolute Gasteiger partial charge is 0.231 e. The molecule has 0 N–H and O–H groups in total. The van der Waals surface area contributed by atoms with Crippen LogP contribution in [0.2, 0.25) is 0 Å². The minimum atomic E-state index is -0.378. The number of nitriles is 1. The van der Waals surface area contributed by atoms with E-state index in [4.69, 9.17) is 14.7 Å². The molecule has 6 heteroatoms. The number of nitrogens with zero attached hydrogens (tertiary/aromatic N) is 3. The van der Waals surface area contributed by atoms with E-state index in [1.165, 1.54) is 6.07 Å². The molecule has 0 bridgehead atoms. The number of aromatic nitrogens is 2. The third kappa shape index (κ3) is 1.79. The van der Waals surface area contributed by atoms with E-state index < -0.39 is 0 Å². The summed E-state index contributed by atoms with van der Waals surface area (Å²) < 4.78 is 26.4. The summed E-state index contributed by atoms with van der Waals surface area (Å²) in [6.07, 6.45) is 0. The standard InChI is InChI=1S/C16H10FN3O2/c17-11-4-2-1-3-10(11)16-19-12-7-14-15(22-9-21-14)8-13(12)20(16)6-5-18/h1-4,7-8H,6,9H2. The molecule has 0 fully saturated rings. The van der Waals surface area contributed by atoms with Crippen molar-refractivity contribution in [2.24, 2.45) is 0 Å². The highest BCUT2D eigenvalue weighted by atomic mass is 19.1. The summed E-state index contributed by atoms with van der Waals surface area (Å²) in [6.45, 7) is 0.236. The molecule has 108 valence electrons. The first kappa shape index (κ1) is 12.7. The molecule has 1 aromatic heterocycles. The van der Waals surface area contributed by atoms with Crippen molar-refractivity contribution < 1.29 is 13.9 Å². The molecule has 1 aliphatic heterocycles. The lowest BCUT2D eigenvalue weighted by atomic mass is 10.2. The van der Waals surface area contributed by atoms with Gasteiger partial charge in [-0.15, -0.1) is 0 Å². The predicted octanol–water partition coefficient (Wildman–Crippen LogP) is 3.09. The van der Waals surface area contributed by atoms with Gasteiger partial charge in [0.1, 0.15) is 18.2 Å². The molecule has 22 heavy (non-hydrogen) atoms. The van der Waals surface area contributed by atoms with Crippen LogP contribution in [-0.4, -0.2) is 16.3 Å². The number of imidazole rings is 1. The van der Waals surface area contributed by atoms with Gasteiger partial charge in [0.05, 0.1) is 22.7 Å². The molecule has 0 saturated heterocycles. The molecule has 5 nitrogen and oxygen atoms in total. The Labute approximate surface area is 125 Å². The topological polar surface area (TPSA) is 60.1 Å². The minimum Gasteiger partial charge on any atom is -0.454 e. The summed E-state index contributed by atoms with van der Waals surface area (Å²) in [4.78, 5) is 4.48. The molecule has 0 unspecified atom stereocenters. The van der Waals surface area contributed by atoms with E-state index in [1.54, 1.807) is 34.9 Å². The second-order valence-electron chi connectivity index (χ2n) is 4.85. The monoisotopic (exact) mass is 295 g/mol. The molecule has 2 aromatic carbocycles. The van der Waals surface area contributed by atoms with Crippen molar-refractivity contribution in [3.8, 4) is 29.0 Å². The van der Waals surface area contributed by atoms with Crippen LogP contribution in [0.5, 0.6) is 11.5 Å². The van der Waals surface area contributed by atoms with Crippen LogP contribution >= 0.6 is 0 Å². The zero-order valence-electron chi connectivity index (χ0n) is 11.4. The summed E-state index contributed by atoms with van der Waals surface area (Å²) in [5.74, 6) is 1.25. The van der Waals surface area contributed by atoms with Gasteiger partial charge in [-0.1, -0.05) is 12.1 Å². The van der Waals surface area contributed by atoms with Crippen LogP contribution in [0.15, 0.2) is 36.4 Å². The lowest BCUT2D eigenvalue weighted by Gasteiger charge is -2.06. The first-order valence-corrected chi connectivity index (χ1v) is 6.69. The Morgan fingerprint density at radius 3 is 2.77 bits per heavy atom. The van der Waals surface area contributed by atoms with Gasteiger partial charge >= 0.3 is 0 Å². The normalized spacial score (nSPS) is 12.5. The van der Waals surface area contributed by atoms with E-state index in [9.17, 15) is 4.39 Å². The van der Waals surface area contributed by atoms with Gasteiger partial charge in [-0.2, -0.15) is 5.26 Å². The lowest BCUT2D eigenvalue weighted by molar-refractivity contribution is 0.174. The zero-order valence-corrected chi connectivity index (χ0v) is 11.4. The Hall–Kier alpha value is -3.07. The van der Waals surface area contributed by atoms with Crippen molar-refractivity contribution in [2.45, 2.75) is 6.54 Å². The van der Waals surface area contributed by atoms with Gasteiger partial charge in [-0.3, -0.25) is 0 Å². The number of benzene rings is 2. The maximum absolute atomic E-state index is 14.1. The first-order valence-electron chi connectivity index (χ1n) is 6.69. The Bertz CT molecular complexity index is 927. The molecule has 0 radical (unpaired) electrons. The third-order valence-corrected chi connectivity index (χ3v) is 3.59. The van der Waals surface area contributed by atoms with Gasteiger partial charge in [0.2, 0.25) is 6.79 Å². The van der Waals surface area contributed by atoms with Crippen molar-refractivity contribution in [1.29, 1.82) is 5.26 Å². The third-order valence-electron chi connectivity index (χ3n) is 3.59. The van der Waals surface area contributed by atoms with Crippen LogP contribution in [-0.2, 0) is 6.54 Å². The molecule has 0 aliphatic carbocycles. The van der Waals surface area contributed by atoms with E-state index in [0.29, 0.717) is 33.9 Å². The molecule has 0 atom stereocenters. The van der Waals surface area contributed by atoms with Crippen molar-refractivity contribution >= 4 is 11.0 Å². The molecule has 0 saturated carbocycles. The fourth-order valence-electron chi connectivity index (χ4n) is 2.59. The molecule has 0 amide bonds. The van der Waals surface area contributed by atoms with Crippen LogP contribution in [0.25, 0.3) is 22.4 Å². The highest BCUT2D eigenvalue weighted by molar-refractivity contribution is 5.84. The van der Waals surface area contributed by atoms with E-state index >= 15 is 0 Å². The fraction of sp³-hybridized carbons (Fsp3) is 0.125. The van der Waals surface area contributed by atoms with Crippen LogP contribution in [0.3, 0.4) is 0 Å². The van der Waals surface area contributed by atoms with Gasteiger partial charge in [-0.05, 0) is 12.1 Å². The second-order valence-corrected chi connectivity index (χ2v) is 4.85. The van der Waals surface area contributed by atoms with E-state index in [-0.39, 0.29) is 19.2 Å². The van der Waals surface area contributed by atoms with Gasteiger partial charge in [0, 0.05) is 12.1 Å². The Morgan fingerprint density at radius 1 is 1.23 bits per heavy atom. The quantitative estimate of drug-likeness (QED) is 0.729. The highest BCUT2D eigenvalue weighted by Gasteiger charge is 2.20. The average molecular weight is 295 g/mol. The summed E-state index contributed by atoms with van der Waals surface area (Å²) in [5.41, 5.74) is 1.71. The Kier molecular flexibility index (Phi) is 2.73. The Balaban J connectivity index is 2.01. The number of fused-ring (bicyclic) bond motifs is 2. The van der Waals surface area contributed by atoms with Gasteiger partial charge in [0.15, 0.2) is 11.5 Å². The molecule has 4 rings (SSSR count). The summed E-state index contributed by atoms with van der Waals surface area (Å²) in [6, 6.07) is 12.0. The van der Waals surface area contributed by atoms with Gasteiger partial charge < -0.3 is 14.0 Å². The lowest BCUT2D eigenvalue weighted by Crippen LogP contribution is -2.00. The van der Waals surface area contributed by atoms with E-state index in [2.05, 4.69) is 11.1 Å². The van der Waals surface area contributed by atoms with Gasteiger partial charge in [0.25, 0.3) is 0 Å². The van der Waals surface area contributed by atoms with Crippen LogP contribution in [0.4, 0.5) is 4.39 Å². The second kappa shape index (κ2) is 4.74. The Morgan fingerprint density at radius 2 is 2.00 bits per heavy atom. The molecular weight excluding hydrogens is 285 g/mol. The number of halogens is 1. The number of hydrogen-bond donors (Lipinski definition) is 0. The van der Waals surface area contributed by atoms with E-state index in [0.717, 1.165) is 0 Å². The predicted molar refractivity (Wildman–Crippen MR) is 76.9 cm³/mol. The van der Waals surface area contributed by atoms with Crippen LogP contribution in [0.1, 0.15) is 0 Å². The molecule has 0 spiro atoms. The van der Waals surface area contributed by atoms with E-state index in [1.807, 2.05) is 0 Å². The highest BCUT2D eigenvalue weighted by Crippen LogP contribution is 2.37. The van der Waals surface area contributed by atoms with Crippen molar-refractivity contribution in [1.82, 2.24) is 9.55 Å². The van der Waals surface area contributed by atoms with Crippen molar-refractivity contribution in [3.63, 3.8) is 0 Å². The number of rotatable bonds is 2. The van der Waals surface area contributed by atoms with Crippen LogP contribution in [0, 0.1) is 17.1 Å². The zero-order chi connectivity index (χ0) is 15.1. The maximum Gasteiger partial charge on any atom is 0.231 e. The number of ether oxygens (including phenoxy) is 2.